The van der Waals surface area contributed by atoms with E-state index in [1.165, 1.54) is 16.7 Å². The molecule has 1 fully saturated rings. The van der Waals surface area contributed by atoms with E-state index in [1.54, 1.807) is 47.6 Å². The number of alkyl halides is 3. The number of piperazine rings is 1. The molecule has 4 heterocycles. The number of rotatable bonds is 3. The minimum Gasteiger partial charge on any atom is -0.399 e. The van der Waals surface area contributed by atoms with Crippen LogP contribution < -0.4 is 21.5 Å². The van der Waals surface area contributed by atoms with E-state index in [4.69, 9.17) is 5.73 Å². The van der Waals surface area contributed by atoms with E-state index in [2.05, 4.69) is 15.3 Å². The van der Waals surface area contributed by atoms with E-state index < -0.39 is 17.3 Å². The Balaban J connectivity index is 1.61. The summed E-state index contributed by atoms with van der Waals surface area (Å²) in [6.45, 7) is 2.14. The summed E-state index contributed by atoms with van der Waals surface area (Å²) >= 11 is 0. The van der Waals surface area contributed by atoms with Crippen LogP contribution in [0, 0.1) is 0 Å². The highest BCUT2D eigenvalue weighted by Crippen LogP contribution is 2.39. The minimum atomic E-state index is -4.60. The van der Waals surface area contributed by atoms with E-state index in [-0.39, 0.29) is 11.4 Å². The summed E-state index contributed by atoms with van der Waals surface area (Å²) in [4.78, 5) is 23.8. The molecular formula is C28H23F3N6O. The van der Waals surface area contributed by atoms with Crippen molar-refractivity contribution in [1.82, 2.24) is 19.9 Å². The molecule has 0 spiro atoms. The van der Waals surface area contributed by atoms with Gasteiger partial charge >= 0.3 is 6.18 Å². The molecule has 5 aromatic rings. The van der Waals surface area contributed by atoms with Crippen molar-refractivity contribution in [1.29, 1.82) is 0 Å². The van der Waals surface area contributed by atoms with E-state index in [1.807, 2.05) is 12.1 Å². The van der Waals surface area contributed by atoms with Gasteiger partial charge in [0.05, 0.1) is 28.0 Å². The second-order valence-electron chi connectivity index (χ2n) is 9.21. The van der Waals surface area contributed by atoms with Crippen LogP contribution in [0.5, 0.6) is 0 Å². The minimum absolute atomic E-state index is 0.109. The molecule has 0 saturated carbocycles. The Morgan fingerprint density at radius 2 is 1.74 bits per heavy atom. The molecule has 0 radical (unpaired) electrons. The Hall–Kier alpha value is -4.44. The van der Waals surface area contributed by atoms with Crippen molar-refractivity contribution in [3.63, 3.8) is 0 Å². The van der Waals surface area contributed by atoms with Crippen molar-refractivity contribution in [3.05, 3.63) is 89.0 Å². The van der Waals surface area contributed by atoms with Crippen LogP contribution in [0.1, 0.15) is 5.56 Å². The monoisotopic (exact) mass is 516 g/mol. The van der Waals surface area contributed by atoms with Crippen molar-refractivity contribution < 1.29 is 13.2 Å². The molecule has 7 nitrogen and oxygen atoms in total. The summed E-state index contributed by atoms with van der Waals surface area (Å²) in [6.07, 6.45) is -1.38. The molecule has 1 aliphatic rings. The highest BCUT2D eigenvalue weighted by Gasteiger charge is 2.36. The van der Waals surface area contributed by atoms with Crippen LogP contribution >= 0.6 is 0 Å². The molecule has 0 amide bonds. The van der Waals surface area contributed by atoms with Crippen LogP contribution in [0.25, 0.3) is 38.8 Å². The zero-order valence-electron chi connectivity index (χ0n) is 20.2. The Morgan fingerprint density at radius 1 is 0.921 bits per heavy atom. The van der Waals surface area contributed by atoms with Gasteiger partial charge in [-0.25, -0.2) is 0 Å². The van der Waals surface area contributed by atoms with Gasteiger partial charge in [-0.05, 0) is 48.5 Å². The molecule has 0 aliphatic carbocycles. The van der Waals surface area contributed by atoms with Gasteiger partial charge in [0.15, 0.2) is 0 Å². The molecule has 1 aliphatic heterocycles. The maximum atomic E-state index is 14.3. The highest BCUT2D eigenvalue weighted by atomic mass is 19.4. The number of nitrogens with one attached hydrogen (secondary N) is 1. The smallest absolute Gasteiger partial charge is 0.399 e. The van der Waals surface area contributed by atoms with Crippen LogP contribution in [-0.2, 0) is 6.18 Å². The third-order valence-electron chi connectivity index (χ3n) is 6.80. The summed E-state index contributed by atoms with van der Waals surface area (Å²) in [7, 11) is 0. The highest BCUT2D eigenvalue weighted by molar-refractivity contribution is 6.05. The van der Waals surface area contributed by atoms with Crippen LogP contribution in [0.15, 0.2) is 77.9 Å². The quantitative estimate of drug-likeness (QED) is 0.341. The molecule has 0 unspecified atom stereocenters. The average Bonchev–Trinajstić information content (AvgIpc) is 2.92. The van der Waals surface area contributed by atoms with Crippen molar-refractivity contribution in [2.24, 2.45) is 0 Å². The first-order valence-corrected chi connectivity index (χ1v) is 12.1. The summed E-state index contributed by atoms with van der Waals surface area (Å²) in [6, 6.07) is 16.0. The maximum absolute atomic E-state index is 14.3. The Labute approximate surface area is 215 Å². The largest absolute Gasteiger partial charge is 0.418 e. The van der Waals surface area contributed by atoms with Crippen molar-refractivity contribution in [2.75, 3.05) is 36.8 Å². The first-order valence-electron chi connectivity index (χ1n) is 12.1. The molecule has 3 aromatic heterocycles. The van der Waals surface area contributed by atoms with Crippen molar-refractivity contribution in [3.8, 4) is 16.9 Å². The molecule has 3 N–H and O–H groups in total. The first-order chi connectivity index (χ1) is 18.3. The van der Waals surface area contributed by atoms with Gasteiger partial charge in [0.25, 0.3) is 5.56 Å². The van der Waals surface area contributed by atoms with E-state index in [9.17, 15) is 18.0 Å². The van der Waals surface area contributed by atoms with Gasteiger partial charge in [0, 0.05) is 72.3 Å². The molecule has 192 valence electrons. The normalized spacial score (nSPS) is 14.3. The first kappa shape index (κ1) is 23.9. The number of aromatic nitrogens is 3. The summed E-state index contributed by atoms with van der Waals surface area (Å²) in [5.41, 5.74) is 7.95. The molecule has 10 heteroatoms. The number of benzene rings is 2. The van der Waals surface area contributed by atoms with Crippen LogP contribution in [-0.4, -0.2) is 40.7 Å². The summed E-state index contributed by atoms with van der Waals surface area (Å²) < 4.78 is 44.2. The van der Waals surface area contributed by atoms with Gasteiger partial charge < -0.3 is 16.0 Å². The van der Waals surface area contributed by atoms with Gasteiger partial charge in [-0.3, -0.25) is 19.3 Å². The lowest BCUT2D eigenvalue weighted by Gasteiger charge is -2.32. The molecule has 0 bridgehead atoms. The van der Waals surface area contributed by atoms with Gasteiger partial charge in [0.1, 0.15) is 0 Å². The Morgan fingerprint density at radius 3 is 2.50 bits per heavy atom. The second-order valence-corrected chi connectivity index (χ2v) is 9.21. The molecular weight excluding hydrogens is 493 g/mol. The average molecular weight is 517 g/mol. The molecule has 38 heavy (non-hydrogen) atoms. The summed E-state index contributed by atoms with van der Waals surface area (Å²) in [5.74, 6) is 0. The van der Waals surface area contributed by atoms with Gasteiger partial charge in [-0.15, -0.1) is 0 Å². The Kier molecular flexibility index (Phi) is 5.76. The fourth-order valence-electron chi connectivity index (χ4n) is 5.00. The third kappa shape index (κ3) is 4.22. The fraction of sp³-hybridized carbons (Fsp3) is 0.179. The van der Waals surface area contributed by atoms with Crippen LogP contribution in [0.4, 0.5) is 24.5 Å². The number of hydrogen-bond donors (Lipinski definition) is 2. The standard InChI is InChI=1S/C28H23F3N6O/c29-28(30,31)22-15-20(3-5-25(22)36-11-9-33-10-12-36)37-26(38)6-2-18-16-35-23-4-1-17(13-21(23)27(18)37)24-14-19(32)7-8-34-24/h1-8,13-16,33H,9-12H2,(H2,32,34). The zero-order chi connectivity index (χ0) is 26.4. The van der Waals surface area contributed by atoms with Crippen LogP contribution in [0.3, 0.4) is 0 Å². The van der Waals surface area contributed by atoms with Crippen molar-refractivity contribution >= 4 is 33.2 Å². The lowest BCUT2D eigenvalue weighted by Crippen LogP contribution is -2.44. The zero-order valence-corrected chi connectivity index (χ0v) is 20.2. The van der Waals surface area contributed by atoms with E-state index in [0.29, 0.717) is 59.4 Å². The number of halogens is 3. The van der Waals surface area contributed by atoms with Gasteiger partial charge in [-0.2, -0.15) is 13.2 Å². The van der Waals surface area contributed by atoms with Crippen LogP contribution in [0.2, 0.25) is 0 Å². The molecule has 6 rings (SSSR count). The third-order valence-corrected chi connectivity index (χ3v) is 6.80. The number of anilines is 2. The van der Waals surface area contributed by atoms with E-state index in [0.717, 1.165) is 11.6 Å². The lowest BCUT2D eigenvalue weighted by molar-refractivity contribution is -0.137. The fourth-order valence-corrected chi connectivity index (χ4v) is 5.00. The summed E-state index contributed by atoms with van der Waals surface area (Å²) in [5, 5.41) is 4.39. The number of nitrogen functional groups attached to an aromatic ring is 1. The SMILES string of the molecule is Nc1ccnc(-c2ccc3ncc4ccc(=O)n(-c5ccc(N6CCNCC6)c(C(F)(F)F)c5)c4c3c2)c1. The number of pyridine rings is 3. The topological polar surface area (TPSA) is 89.1 Å². The maximum Gasteiger partial charge on any atom is 0.418 e. The van der Waals surface area contributed by atoms with Gasteiger partial charge in [0.2, 0.25) is 0 Å². The number of nitrogens with zero attached hydrogens (tertiary/aromatic N) is 4. The number of hydrogen-bond acceptors (Lipinski definition) is 6. The molecule has 2 aromatic carbocycles. The number of fused-ring (bicyclic) bond motifs is 3. The van der Waals surface area contributed by atoms with Crippen molar-refractivity contribution in [2.45, 2.75) is 6.18 Å². The van der Waals surface area contributed by atoms with E-state index >= 15 is 0 Å². The Bertz CT molecular complexity index is 1740. The molecule has 1 saturated heterocycles. The van der Waals surface area contributed by atoms with Gasteiger partial charge in [-0.1, -0.05) is 6.07 Å². The lowest BCUT2D eigenvalue weighted by atomic mass is 10.0. The molecule has 0 atom stereocenters. The predicted octanol–water partition coefficient (Wildman–Crippen LogP) is 4.61. The second kappa shape index (κ2) is 9.14. The number of nitrogens with two attached hydrogens (primary N) is 1. The predicted molar refractivity (Wildman–Crippen MR) is 143 cm³/mol.